The highest BCUT2D eigenvalue weighted by atomic mass is 32.2. The third-order valence-electron chi connectivity index (χ3n) is 1.49. The molecule has 0 aromatic carbocycles. The van der Waals surface area contributed by atoms with Gasteiger partial charge in [0.05, 0.1) is 0 Å². The summed E-state index contributed by atoms with van der Waals surface area (Å²) in [5, 5.41) is 0.143. The zero-order valence-electron chi connectivity index (χ0n) is 7.49. The van der Waals surface area contributed by atoms with E-state index in [4.69, 9.17) is 5.73 Å². The van der Waals surface area contributed by atoms with Crippen molar-refractivity contribution in [1.29, 1.82) is 0 Å². The van der Waals surface area contributed by atoms with Gasteiger partial charge in [0.25, 0.3) is 0 Å². The largest absolute Gasteiger partial charge is 0.384 e. The molecule has 3 nitrogen and oxygen atoms in total. The Balaban J connectivity index is 2.41. The van der Waals surface area contributed by atoms with Crippen LogP contribution in [0.2, 0.25) is 0 Å². The molecular weight excluding hydrogens is 184 g/mol. The Morgan fingerprint density at radius 3 is 3.00 bits per heavy atom. The SMILES string of the molecule is CC(=O)SCCc1cccc(N)n1. The Kier molecular flexibility index (Phi) is 3.76. The molecule has 0 spiro atoms. The minimum atomic E-state index is 0.143. The number of aryl methyl sites for hydroxylation is 1. The van der Waals surface area contributed by atoms with E-state index < -0.39 is 0 Å². The first-order chi connectivity index (χ1) is 6.18. The first-order valence-electron chi connectivity index (χ1n) is 4.03. The topological polar surface area (TPSA) is 56.0 Å². The number of anilines is 1. The number of thioether (sulfide) groups is 1. The van der Waals surface area contributed by atoms with E-state index in [1.807, 2.05) is 12.1 Å². The lowest BCUT2D eigenvalue weighted by molar-refractivity contribution is -0.109. The van der Waals surface area contributed by atoms with Crippen LogP contribution in [0.1, 0.15) is 12.6 Å². The van der Waals surface area contributed by atoms with Gasteiger partial charge >= 0.3 is 0 Å². The maximum absolute atomic E-state index is 10.6. The van der Waals surface area contributed by atoms with Crippen LogP contribution in [0.3, 0.4) is 0 Å². The van der Waals surface area contributed by atoms with Gasteiger partial charge in [-0.25, -0.2) is 4.98 Å². The Morgan fingerprint density at radius 2 is 2.38 bits per heavy atom. The number of nitrogens with two attached hydrogens (primary N) is 1. The maximum Gasteiger partial charge on any atom is 0.185 e. The summed E-state index contributed by atoms with van der Waals surface area (Å²) >= 11 is 1.31. The molecular formula is C9H12N2OS. The predicted octanol–water partition coefficient (Wildman–Crippen LogP) is 1.49. The molecule has 0 aliphatic heterocycles. The van der Waals surface area contributed by atoms with Crippen molar-refractivity contribution in [2.75, 3.05) is 11.5 Å². The summed E-state index contributed by atoms with van der Waals surface area (Å²) < 4.78 is 0. The van der Waals surface area contributed by atoms with Gasteiger partial charge in [0.1, 0.15) is 5.82 Å². The second-order valence-corrected chi connectivity index (χ2v) is 3.92. The number of hydrogen-bond acceptors (Lipinski definition) is 4. The zero-order chi connectivity index (χ0) is 9.68. The highest BCUT2D eigenvalue weighted by molar-refractivity contribution is 8.13. The fraction of sp³-hybridized carbons (Fsp3) is 0.333. The fourth-order valence-corrected chi connectivity index (χ4v) is 1.54. The van der Waals surface area contributed by atoms with E-state index in [0.717, 1.165) is 17.9 Å². The molecule has 0 atom stereocenters. The summed E-state index contributed by atoms with van der Waals surface area (Å²) in [4.78, 5) is 14.7. The molecule has 1 aromatic rings. The van der Waals surface area contributed by atoms with Crippen LogP contribution in [0.4, 0.5) is 5.82 Å². The molecule has 0 saturated carbocycles. The van der Waals surface area contributed by atoms with Gasteiger partial charge in [0.2, 0.25) is 0 Å². The van der Waals surface area contributed by atoms with Crippen molar-refractivity contribution in [3.63, 3.8) is 0 Å². The first kappa shape index (κ1) is 10.1. The Bertz CT molecular complexity index is 301. The summed E-state index contributed by atoms with van der Waals surface area (Å²) in [6.07, 6.45) is 0.787. The molecule has 1 aromatic heterocycles. The van der Waals surface area contributed by atoms with Gasteiger partial charge in [-0.3, -0.25) is 4.79 Å². The van der Waals surface area contributed by atoms with Crippen LogP contribution in [0.25, 0.3) is 0 Å². The average Bonchev–Trinajstić information content (AvgIpc) is 2.03. The number of carbonyl (C=O) groups is 1. The third-order valence-corrected chi connectivity index (χ3v) is 2.31. The summed E-state index contributed by atoms with van der Waals surface area (Å²) in [6.45, 7) is 1.57. The van der Waals surface area contributed by atoms with Crippen molar-refractivity contribution in [1.82, 2.24) is 4.98 Å². The monoisotopic (exact) mass is 196 g/mol. The molecule has 0 aliphatic rings. The van der Waals surface area contributed by atoms with Gasteiger partial charge in [-0.2, -0.15) is 0 Å². The molecule has 0 fully saturated rings. The van der Waals surface area contributed by atoms with Gasteiger partial charge in [-0.1, -0.05) is 17.8 Å². The van der Waals surface area contributed by atoms with E-state index in [1.54, 1.807) is 13.0 Å². The van der Waals surface area contributed by atoms with Crippen molar-refractivity contribution < 1.29 is 4.79 Å². The Morgan fingerprint density at radius 1 is 1.62 bits per heavy atom. The minimum Gasteiger partial charge on any atom is -0.384 e. The summed E-state index contributed by atoms with van der Waals surface area (Å²) in [7, 11) is 0. The predicted molar refractivity (Wildman–Crippen MR) is 55.5 cm³/mol. The summed E-state index contributed by atoms with van der Waals surface area (Å²) in [5.41, 5.74) is 6.44. The van der Waals surface area contributed by atoms with Crippen LogP contribution in [0.5, 0.6) is 0 Å². The van der Waals surface area contributed by atoms with E-state index >= 15 is 0 Å². The van der Waals surface area contributed by atoms with Gasteiger partial charge in [-0.05, 0) is 18.6 Å². The highest BCUT2D eigenvalue weighted by Gasteiger charge is 1.97. The lowest BCUT2D eigenvalue weighted by Gasteiger charge is -1.99. The molecule has 4 heteroatoms. The molecule has 2 N–H and O–H groups in total. The molecule has 0 radical (unpaired) electrons. The number of pyridine rings is 1. The van der Waals surface area contributed by atoms with Gasteiger partial charge in [0.15, 0.2) is 5.12 Å². The van der Waals surface area contributed by atoms with Crippen LogP contribution >= 0.6 is 11.8 Å². The van der Waals surface area contributed by atoms with Crippen molar-refractivity contribution >= 4 is 22.7 Å². The van der Waals surface area contributed by atoms with Crippen molar-refractivity contribution in [2.45, 2.75) is 13.3 Å². The number of hydrogen-bond donors (Lipinski definition) is 1. The maximum atomic E-state index is 10.6. The van der Waals surface area contributed by atoms with Crippen LogP contribution in [0, 0.1) is 0 Å². The number of aromatic nitrogens is 1. The number of rotatable bonds is 3. The van der Waals surface area contributed by atoms with E-state index in [2.05, 4.69) is 4.98 Å². The lowest BCUT2D eigenvalue weighted by Crippen LogP contribution is -1.97. The molecule has 1 heterocycles. The van der Waals surface area contributed by atoms with Crippen molar-refractivity contribution in [2.24, 2.45) is 0 Å². The van der Waals surface area contributed by atoms with Gasteiger partial charge in [-0.15, -0.1) is 0 Å². The molecule has 13 heavy (non-hydrogen) atoms. The van der Waals surface area contributed by atoms with Crippen LogP contribution in [-0.2, 0) is 11.2 Å². The standard InChI is InChI=1S/C9H12N2OS/c1-7(12)13-6-5-8-3-2-4-9(10)11-8/h2-4H,5-6H2,1H3,(H2,10,11). The molecule has 0 bridgehead atoms. The highest BCUT2D eigenvalue weighted by Crippen LogP contribution is 2.07. The van der Waals surface area contributed by atoms with Crippen molar-refractivity contribution in [3.8, 4) is 0 Å². The van der Waals surface area contributed by atoms with Crippen molar-refractivity contribution in [3.05, 3.63) is 23.9 Å². The third kappa shape index (κ3) is 3.94. The van der Waals surface area contributed by atoms with Gasteiger partial charge in [0, 0.05) is 18.4 Å². The normalized spacial score (nSPS) is 9.92. The number of nitrogen functional groups attached to an aromatic ring is 1. The molecule has 0 unspecified atom stereocenters. The van der Waals surface area contributed by atoms with E-state index in [0.29, 0.717) is 5.82 Å². The molecule has 70 valence electrons. The van der Waals surface area contributed by atoms with Crippen LogP contribution in [-0.4, -0.2) is 15.9 Å². The van der Waals surface area contributed by atoms with E-state index in [1.165, 1.54) is 11.8 Å². The summed E-state index contributed by atoms with van der Waals surface area (Å²) in [5.74, 6) is 1.30. The molecule has 1 rings (SSSR count). The van der Waals surface area contributed by atoms with Crippen LogP contribution in [0.15, 0.2) is 18.2 Å². The minimum absolute atomic E-state index is 0.143. The van der Waals surface area contributed by atoms with Crippen LogP contribution < -0.4 is 5.73 Å². The number of carbonyl (C=O) groups excluding carboxylic acids is 1. The quantitative estimate of drug-likeness (QED) is 0.795. The lowest BCUT2D eigenvalue weighted by atomic mass is 10.3. The Hall–Kier alpha value is -1.03. The van der Waals surface area contributed by atoms with E-state index in [9.17, 15) is 4.79 Å². The second kappa shape index (κ2) is 4.87. The van der Waals surface area contributed by atoms with E-state index in [-0.39, 0.29) is 5.12 Å². The Labute approximate surface area is 81.7 Å². The molecule has 0 amide bonds. The fourth-order valence-electron chi connectivity index (χ4n) is 0.937. The smallest absolute Gasteiger partial charge is 0.185 e. The molecule has 0 saturated heterocycles. The second-order valence-electron chi connectivity index (χ2n) is 2.64. The first-order valence-corrected chi connectivity index (χ1v) is 5.02. The number of nitrogens with zero attached hydrogens (tertiary/aromatic N) is 1. The van der Waals surface area contributed by atoms with Gasteiger partial charge < -0.3 is 5.73 Å². The zero-order valence-corrected chi connectivity index (χ0v) is 8.30. The summed E-state index contributed by atoms with van der Waals surface area (Å²) in [6, 6.07) is 5.54. The molecule has 0 aliphatic carbocycles. The average molecular weight is 196 g/mol.